The molecular formula is C18H15BrO. The Labute approximate surface area is 127 Å². The molecule has 1 unspecified atom stereocenters. The molecule has 0 bridgehead atoms. The molecule has 0 spiro atoms. The van der Waals surface area contributed by atoms with Crippen LogP contribution in [-0.2, 0) is 0 Å². The predicted molar refractivity (Wildman–Crippen MR) is 86.1 cm³/mol. The van der Waals surface area contributed by atoms with Gasteiger partial charge in [0.1, 0.15) is 5.76 Å². The zero-order chi connectivity index (χ0) is 13.9. The lowest BCUT2D eigenvalue weighted by Gasteiger charge is -2.10. The van der Waals surface area contributed by atoms with E-state index in [1.165, 1.54) is 22.3 Å². The Morgan fingerprint density at radius 3 is 2.10 bits per heavy atom. The fourth-order valence-corrected chi connectivity index (χ4v) is 3.04. The van der Waals surface area contributed by atoms with Crippen molar-refractivity contribution in [3.8, 4) is 11.1 Å². The molecule has 0 aliphatic carbocycles. The first kappa shape index (κ1) is 13.2. The van der Waals surface area contributed by atoms with Gasteiger partial charge in [-0.05, 0) is 35.2 Å². The summed E-state index contributed by atoms with van der Waals surface area (Å²) in [6, 6.07) is 21.0. The second-order valence-corrected chi connectivity index (χ2v) is 5.73. The number of aryl methyl sites for hydroxylation is 1. The van der Waals surface area contributed by atoms with Crippen molar-refractivity contribution in [1.82, 2.24) is 0 Å². The van der Waals surface area contributed by atoms with Gasteiger partial charge in [0.15, 0.2) is 0 Å². The Balaban J connectivity index is 1.89. The van der Waals surface area contributed by atoms with E-state index in [-0.39, 0.29) is 4.83 Å². The van der Waals surface area contributed by atoms with Crippen LogP contribution in [0.3, 0.4) is 0 Å². The summed E-state index contributed by atoms with van der Waals surface area (Å²) in [6.07, 6.45) is 1.73. The molecule has 1 atom stereocenters. The van der Waals surface area contributed by atoms with Gasteiger partial charge in [0.05, 0.1) is 11.1 Å². The minimum absolute atomic E-state index is 0.0994. The molecule has 0 saturated carbocycles. The van der Waals surface area contributed by atoms with Crippen molar-refractivity contribution in [3.05, 3.63) is 83.8 Å². The lowest BCUT2D eigenvalue weighted by atomic mass is 10.0. The first-order valence-corrected chi connectivity index (χ1v) is 7.51. The summed E-state index contributed by atoms with van der Waals surface area (Å²) < 4.78 is 5.55. The molecule has 0 fully saturated rings. The zero-order valence-corrected chi connectivity index (χ0v) is 12.8. The summed E-state index contributed by atoms with van der Waals surface area (Å²) in [5.41, 5.74) is 4.83. The van der Waals surface area contributed by atoms with Crippen molar-refractivity contribution in [1.29, 1.82) is 0 Å². The molecule has 0 amide bonds. The van der Waals surface area contributed by atoms with Crippen LogP contribution >= 0.6 is 15.9 Å². The summed E-state index contributed by atoms with van der Waals surface area (Å²) >= 11 is 3.71. The molecule has 2 heteroatoms. The van der Waals surface area contributed by atoms with Crippen molar-refractivity contribution < 1.29 is 4.42 Å². The average Bonchev–Trinajstić information content (AvgIpc) is 2.94. The highest BCUT2D eigenvalue weighted by molar-refractivity contribution is 9.09. The second-order valence-electron chi connectivity index (χ2n) is 4.82. The Morgan fingerprint density at radius 2 is 1.50 bits per heavy atom. The Hall–Kier alpha value is -1.80. The maximum Gasteiger partial charge on any atom is 0.124 e. The van der Waals surface area contributed by atoms with Crippen molar-refractivity contribution in [3.63, 3.8) is 0 Å². The Bertz CT molecular complexity index is 683. The summed E-state index contributed by atoms with van der Waals surface area (Å²) in [6.45, 7) is 2.06. The monoisotopic (exact) mass is 326 g/mol. The fourth-order valence-electron chi connectivity index (χ4n) is 2.27. The molecule has 100 valence electrons. The minimum atomic E-state index is 0.0994. The largest absolute Gasteiger partial charge is 0.468 e. The topological polar surface area (TPSA) is 13.1 Å². The third kappa shape index (κ3) is 2.56. The van der Waals surface area contributed by atoms with Crippen LogP contribution in [0.5, 0.6) is 0 Å². The first-order chi connectivity index (χ1) is 9.75. The van der Waals surface area contributed by atoms with E-state index in [0.717, 1.165) is 5.76 Å². The van der Waals surface area contributed by atoms with E-state index in [2.05, 4.69) is 71.4 Å². The number of rotatable bonds is 3. The summed E-state index contributed by atoms with van der Waals surface area (Å²) in [4.78, 5) is 0.0994. The van der Waals surface area contributed by atoms with E-state index in [4.69, 9.17) is 4.42 Å². The van der Waals surface area contributed by atoms with E-state index in [1.54, 1.807) is 6.26 Å². The number of furan rings is 1. The molecule has 1 nitrogen and oxygen atoms in total. The van der Waals surface area contributed by atoms with Crippen LogP contribution in [0.4, 0.5) is 0 Å². The SMILES string of the molecule is Cc1ccoc1C(Br)c1ccc(-c2ccccc2)cc1. The Kier molecular flexibility index (Phi) is 3.75. The smallest absolute Gasteiger partial charge is 0.124 e. The highest BCUT2D eigenvalue weighted by atomic mass is 79.9. The third-order valence-corrected chi connectivity index (χ3v) is 4.39. The van der Waals surface area contributed by atoms with Gasteiger partial charge in [-0.25, -0.2) is 0 Å². The van der Waals surface area contributed by atoms with E-state index in [0.29, 0.717) is 0 Å². The van der Waals surface area contributed by atoms with Crippen molar-refractivity contribution >= 4 is 15.9 Å². The van der Waals surface area contributed by atoms with Crippen LogP contribution in [0, 0.1) is 6.92 Å². The van der Waals surface area contributed by atoms with Gasteiger partial charge >= 0.3 is 0 Å². The van der Waals surface area contributed by atoms with Crippen molar-refractivity contribution in [2.24, 2.45) is 0 Å². The van der Waals surface area contributed by atoms with Gasteiger partial charge in [-0.3, -0.25) is 0 Å². The standard InChI is InChI=1S/C18H15BrO/c1-13-11-12-20-18(13)17(19)16-9-7-15(8-10-16)14-5-3-2-4-6-14/h2-12,17H,1H3. The molecule has 2 aromatic carbocycles. The minimum Gasteiger partial charge on any atom is -0.468 e. The molecule has 0 aliphatic heterocycles. The maximum absolute atomic E-state index is 5.55. The predicted octanol–water partition coefficient (Wildman–Crippen LogP) is 5.74. The van der Waals surface area contributed by atoms with Gasteiger partial charge in [0, 0.05) is 0 Å². The molecular weight excluding hydrogens is 312 g/mol. The highest BCUT2D eigenvalue weighted by Gasteiger charge is 2.15. The first-order valence-electron chi connectivity index (χ1n) is 6.59. The zero-order valence-electron chi connectivity index (χ0n) is 11.2. The van der Waals surface area contributed by atoms with E-state index in [9.17, 15) is 0 Å². The lowest BCUT2D eigenvalue weighted by Crippen LogP contribution is -1.92. The van der Waals surface area contributed by atoms with Gasteiger partial charge in [0.25, 0.3) is 0 Å². The normalized spacial score (nSPS) is 12.3. The van der Waals surface area contributed by atoms with Gasteiger partial charge in [-0.1, -0.05) is 70.5 Å². The molecule has 0 saturated heterocycles. The van der Waals surface area contributed by atoms with E-state index >= 15 is 0 Å². The average molecular weight is 327 g/mol. The van der Waals surface area contributed by atoms with Crippen LogP contribution in [0.2, 0.25) is 0 Å². The van der Waals surface area contributed by atoms with Gasteiger partial charge in [0.2, 0.25) is 0 Å². The van der Waals surface area contributed by atoms with Gasteiger partial charge < -0.3 is 4.42 Å². The molecule has 20 heavy (non-hydrogen) atoms. The van der Waals surface area contributed by atoms with E-state index < -0.39 is 0 Å². The molecule has 1 aromatic heterocycles. The Morgan fingerprint density at radius 1 is 0.850 bits per heavy atom. The molecule has 0 N–H and O–H groups in total. The molecule has 0 radical (unpaired) electrons. The summed E-state index contributed by atoms with van der Waals surface area (Å²) in [5.74, 6) is 0.970. The van der Waals surface area contributed by atoms with Crippen molar-refractivity contribution in [2.75, 3.05) is 0 Å². The van der Waals surface area contributed by atoms with Crippen LogP contribution in [0.15, 0.2) is 71.3 Å². The quantitative estimate of drug-likeness (QED) is 0.559. The van der Waals surface area contributed by atoms with E-state index in [1.807, 2.05) is 12.1 Å². The van der Waals surface area contributed by atoms with Crippen LogP contribution in [0.1, 0.15) is 21.7 Å². The van der Waals surface area contributed by atoms with Crippen LogP contribution < -0.4 is 0 Å². The molecule has 3 aromatic rings. The number of hydrogen-bond donors (Lipinski definition) is 0. The molecule has 1 heterocycles. The van der Waals surface area contributed by atoms with Crippen LogP contribution in [-0.4, -0.2) is 0 Å². The number of alkyl halides is 1. The number of halogens is 1. The fraction of sp³-hybridized carbons (Fsp3) is 0.111. The summed E-state index contributed by atoms with van der Waals surface area (Å²) in [7, 11) is 0. The van der Waals surface area contributed by atoms with Crippen LogP contribution in [0.25, 0.3) is 11.1 Å². The van der Waals surface area contributed by atoms with Crippen molar-refractivity contribution in [2.45, 2.75) is 11.8 Å². The number of hydrogen-bond acceptors (Lipinski definition) is 1. The van der Waals surface area contributed by atoms with Gasteiger partial charge in [-0.15, -0.1) is 0 Å². The molecule has 0 aliphatic rings. The molecule has 3 rings (SSSR count). The third-order valence-electron chi connectivity index (χ3n) is 3.44. The number of benzene rings is 2. The lowest BCUT2D eigenvalue weighted by molar-refractivity contribution is 0.517. The highest BCUT2D eigenvalue weighted by Crippen LogP contribution is 2.34. The second kappa shape index (κ2) is 5.68. The summed E-state index contributed by atoms with van der Waals surface area (Å²) in [5, 5.41) is 0. The van der Waals surface area contributed by atoms with Gasteiger partial charge in [-0.2, -0.15) is 0 Å². The maximum atomic E-state index is 5.55.